The molecule has 1 aliphatic rings. The van der Waals surface area contributed by atoms with Gasteiger partial charge in [0.05, 0.1) is 0 Å². The maximum atomic E-state index is 11.4. The molecule has 0 atom stereocenters. The second-order valence-electron chi connectivity index (χ2n) is 5.80. The van der Waals surface area contributed by atoms with Crippen molar-refractivity contribution in [3.8, 4) is 0 Å². The monoisotopic (exact) mass is 348 g/mol. The van der Waals surface area contributed by atoms with Crippen LogP contribution in [0.1, 0.15) is 11.1 Å². The number of rotatable bonds is 5. The Labute approximate surface area is 145 Å². The highest BCUT2D eigenvalue weighted by molar-refractivity contribution is 7.85. The highest BCUT2D eigenvalue weighted by atomic mass is 35.5. The number of nitrogens with zero attached hydrogens (tertiary/aromatic N) is 1. The molecule has 1 saturated heterocycles. The molecule has 23 heavy (non-hydrogen) atoms. The van der Waals surface area contributed by atoms with Crippen molar-refractivity contribution < 1.29 is 4.21 Å². The third-order valence-electron chi connectivity index (χ3n) is 4.04. The van der Waals surface area contributed by atoms with E-state index in [-0.39, 0.29) is 0 Å². The van der Waals surface area contributed by atoms with Gasteiger partial charge in [0.25, 0.3) is 0 Å². The van der Waals surface area contributed by atoms with E-state index in [9.17, 15) is 4.21 Å². The van der Waals surface area contributed by atoms with Gasteiger partial charge in [-0.25, -0.2) is 0 Å². The van der Waals surface area contributed by atoms with E-state index >= 15 is 0 Å². The zero-order chi connectivity index (χ0) is 16.1. The second-order valence-corrected chi connectivity index (χ2v) is 7.93. The van der Waals surface area contributed by atoms with Crippen molar-refractivity contribution in [2.75, 3.05) is 29.9 Å². The summed E-state index contributed by atoms with van der Waals surface area (Å²) in [5.74, 6) is 1.61. The third kappa shape index (κ3) is 5.06. The summed E-state index contributed by atoms with van der Waals surface area (Å²) in [6.45, 7) is 3.59. The lowest BCUT2D eigenvalue weighted by Crippen LogP contribution is -2.37. The summed E-state index contributed by atoms with van der Waals surface area (Å²) in [5, 5.41) is 4.18. The SMILES string of the molecule is O=S1CCN(Cc2ccc(NCc3ccc(Cl)cc3)cc2)CC1. The number of nitrogens with one attached hydrogen (secondary N) is 1. The summed E-state index contributed by atoms with van der Waals surface area (Å²) in [6, 6.07) is 16.4. The highest BCUT2D eigenvalue weighted by Crippen LogP contribution is 2.15. The van der Waals surface area contributed by atoms with Crippen molar-refractivity contribution in [1.29, 1.82) is 0 Å². The number of anilines is 1. The van der Waals surface area contributed by atoms with Gasteiger partial charge in [0.15, 0.2) is 0 Å². The summed E-state index contributed by atoms with van der Waals surface area (Å²) >= 11 is 5.89. The third-order valence-corrected chi connectivity index (χ3v) is 5.57. The van der Waals surface area contributed by atoms with E-state index in [0.717, 1.165) is 48.4 Å². The minimum atomic E-state index is -0.605. The molecule has 1 heterocycles. The zero-order valence-electron chi connectivity index (χ0n) is 13.0. The molecule has 2 aromatic rings. The lowest BCUT2D eigenvalue weighted by molar-refractivity contribution is 0.291. The van der Waals surface area contributed by atoms with Gasteiger partial charge in [-0.3, -0.25) is 9.11 Å². The maximum absolute atomic E-state index is 11.4. The van der Waals surface area contributed by atoms with Gasteiger partial charge in [-0.2, -0.15) is 0 Å². The van der Waals surface area contributed by atoms with E-state index in [2.05, 4.69) is 34.5 Å². The van der Waals surface area contributed by atoms with Gasteiger partial charge in [0.2, 0.25) is 0 Å². The molecule has 1 N–H and O–H groups in total. The number of halogens is 1. The fourth-order valence-corrected chi connectivity index (χ4v) is 3.88. The molecular weight excluding hydrogens is 328 g/mol. The van der Waals surface area contributed by atoms with Crippen LogP contribution in [0, 0.1) is 0 Å². The number of hydrogen-bond acceptors (Lipinski definition) is 3. The molecule has 122 valence electrons. The fourth-order valence-electron chi connectivity index (χ4n) is 2.63. The molecule has 0 aliphatic carbocycles. The van der Waals surface area contributed by atoms with Crippen LogP contribution in [0.2, 0.25) is 5.02 Å². The van der Waals surface area contributed by atoms with Crippen molar-refractivity contribution in [1.82, 2.24) is 4.90 Å². The van der Waals surface area contributed by atoms with E-state index in [0.29, 0.717) is 0 Å². The first-order valence-corrected chi connectivity index (χ1v) is 9.70. The smallest absolute Gasteiger partial charge is 0.0406 e. The van der Waals surface area contributed by atoms with Crippen LogP contribution < -0.4 is 5.32 Å². The van der Waals surface area contributed by atoms with E-state index < -0.39 is 10.8 Å². The molecule has 0 bridgehead atoms. The van der Waals surface area contributed by atoms with E-state index in [1.807, 2.05) is 24.3 Å². The Morgan fingerprint density at radius 1 is 0.957 bits per heavy atom. The van der Waals surface area contributed by atoms with Crippen molar-refractivity contribution in [2.24, 2.45) is 0 Å². The van der Waals surface area contributed by atoms with Gasteiger partial charge in [-0.15, -0.1) is 0 Å². The van der Waals surface area contributed by atoms with Gasteiger partial charge in [-0.1, -0.05) is 35.9 Å². The molecular formula is C18H21ClN2OS. The van der Waals surface area contributed by atoms with E-state index in [4.69, 9.17) is 11.6 Å². The first-order valence-electron chi connectivity index (χ1n) is 7.84. The standard InChI is InChI=1S/C18H21ClN2OS/c19-17-5-1-15(2-6-17)13-20-18-7-3-16(4-8-18)14-21-9-11-23(22)12-10-21/h1-8,20H,9-14H2. The maximum Gasteiger partial charge on any atom is 0.0406 e. The molecule has 2 aromatic carbocycles. The largest absolute Gasteiger partial charge is 0.381 e. The Bertz CT molecular complexity index is 648. The minimum absolute atomic E-state index is 0.605. The molecule has 1 aliphatic heterocycles. The lowest BCUT2D eigenvalue weighted by Gasteiger charge is -2.26. The molecule has 1 fully saturated rings. The van der Waals surface area contributed by atoms with Crippen LogP contribution in [0.25, 0.3) is 0 Å². The van der Waals surface area contributed by atoms with Crippen LogP contribution in [0.5, 0.6) is 0 Å². The van der Waals surface area contributed by atoms with Gasteiger partial charge in [0.1, 0.15) is 0 Å². The van der Waals surface area contributed by atoms with Gasteiger partial charge in [0, 0.05) is 59.2 Å². The average molecular weight is 349 g/mol. The Hall–Kier alpha value is -1.36. The van der Waals surface area contributed by atoms with Crippen molar-refractivity contribution in [3.63, 3.8) is 0 Å². The Balaban J connectivity index is 1.50. The average Bonchev–Trinajstić information content (AvgIpc) is 2.58. The first kappa shape index (κ1) is 16.5. The summed E-state index contributed by atoms with van der Waals surface area (Å²) in [6.07, 6.45) is 0. The van der Waals surface area contributed by atoms with E-state index in [1.165, 1.54) is 11.1 Å². The zero-order valence-corrected chi connectivity index (χ0v) is 14.6. The molecule has 0 saturated carbocycles. The highest BCUT2D eigenvalue weighted by Gasteiger charge is 2.14. The Kier molecular flexibility index (Phi) is 5.70. The summed E-state index contributed by atoms with van der Waals surface area (Å²) in [5.41, 5.74) is 3.62. The predicted octanol–water partition coefficient (Wildman–Crippen LogP) is 3.52. The van der Waals surface area contributed by atoms with Crippen LogP contribution in [-0.2, 0) is 23.9 Å². The number of hydrogen-bond donors (Lipinski definition) is 1. The van der Waals surface area contributed by atoms with Crippen molar-refractivity contribution >= 4 is 28.1 Å². The van der Waals surface area contributed by atoms with Crippen LogP contribution in [0.15, 0.2) is 48.5 Å². The quantitative estimate of drug-likeness (QED) is 0.897. The topological polar surface area (TPSA) is 32.3 Å². The van der Waals surface area contributed by atoms with Crippen molar-refractivity contribution in [2.45, 2.75) is 13.1 Å². The molecule has 0 aromatic heterocycles. The first-order chi connectivity index (χ1) is 11.2. The molecule has 3 rings (SSSR count). The van der Waals surface area contributed by atoms with E-state index in [1.54, 1.807) is 0 Å². The molecule has 0 amide bonds. The lowest BCUT2D eigenvalue weighted by atomic mass is 10.1. The minimum Gasteiger partial charge on any atom is -0.381 e. The summed E-state index contributed by atoms with van der Waals surface area (Å²) in [4.78, 5) is 2.37. The van der Waals surface area contributed by atoms with Gasteiger partial charge < -0.3 is 5.32 Å². The fraction of sp³-hybridized carbons (Fsp3) is 0.333. The summed E-state index contributed by atoms with van der Waals surface area (Å²) < 4.78 is 11.4. The molecule has 5 heteroatoms. The number of benzene rings is 2. The van der Waals surface area contributed by atoms with Crippen LogP contribution in [0.4, 0.5) is 5.69 Å². The van der Waals surface area contributed by atoms with Gasteiger partial charge >= 0.3 is 0 Å². The molecule has 0 unspecified atom stereocenters. The predicted molar refractivity (Wildman–Crippen MR) is 98.4 cm³/mol. The summed E-state index contributed by atoms with van der Waals surface area (Å²) in [7, 11) is -0.605. The van der Waals surface area contributed by atoms with Gasteiger partial charge in [-0.05, 0) is 35.4 Å². The molecule has 3 nitrogen and oxygen atoms in total. The van der Waals surface area contributed by atoms with Crippen LogP contribution >= 0.6 is 11.6 Å². The Morgan fingerprint density at radius 2 is 1.57 bits per heavy atom. The molecule has 0 radical (unpaired) electrons. The Morgan fingerprint density at radius 3 is 2.22 bits per heavy atom. The van der Waals surface area contributed by atoms with Crippen LogP contribution in [0.3, 0.4) is 0 Å². The normalized spacial score (nSPS) is 16.4. The van der Waals surface area contributed by atoms with Crippen molar-refractivity contribution in [3.05, 3.63) is 64.7 Å². The second kappa shape index (κ2) is 7.95. The molecule has 0 spiro atoms. The van der Waals surface area contributed by atoms with Crippen LogP contribution in [-0.4, -0.2) is 33.7 Å².